The van der Waals surface area contributed by atoms with Crippen LogP contribution in [0.5, 0.6) is 0 Å². The predicted octanol–water partition coefficient (Wildman–Crippen LogP) is 3.51. The van der Waals surface area contributed by atoms with Crippen LogP contribution in [0.1, 0.15) is 5.56 Å². The van der Waals surface area contributed by atoms with Gasteiger partial charge in [0.05, 0.1) is 5.02 Å². The van der Waals surface area contributed by atoms with Gasteiger partial charge in [-0.1, -0.05) is 45.7 Å². The molecule has 0 saturated carbocycles. The summed E-state index contributed by atoms with van der Waals surface area (Å²) in [5, 5.41) is 0.119. The number of nitrogen functional groups attached to an aromatic ring is 1. The minimum atomic E-state index is -3.68. The fourth-order valence-electron chi connectivity index (χ4n) is 1.85. The largest absolute Gasteiger partial charge is 0.399 e. The first-order chi connectivity index (χ1) is 9.82. The van der Waals surface area contributed by atoms with E-state index in [1.54, 1.807) is 0 Å². The van der Waals surface area contributed by atoms with Crippen LogP contribution >= 0.6 is 27.5 Å². The second-order valence-electron chi connectivity index (χ2n) is 4.54. The van der Waals surface area contributed by atoms with Gasteiger partial charge in [-0.25, -0.2) is 8.42 Å². The first-order valence-electron chi connectivity index (χ1n) is 6.07. The molecule has 2 rings (SSSR count). The smallest absolute Gasteiger partial charge is 0.244 e. The van der Waals surface area contributed by atoms with Crippen molar-refractivity contribution in [2.45, 2.75) is 11.4 Å². The van der Waals surface area contributed by atoms with Gasteiger partial charge in [-0.05, 0) is 29.8 Å². The molecule has 0 spiro atoms. The standard InChI is InChI=1S/C14H14BrClN2O2S/c1-18(9-10-4-2-3-5-12(10)15)21(19,20)14-7-6-11(17)8-13(14)16/h2-8H,9,17H2,1H3. The molecule has 0 aliphatic carbocycles. The molecule has 0 aliphatic rings. The van der Waals surface area contributed by atoms with Crippen molar-refractivity contribution in [1.82, 2.24) is 4.31 Å². The monoisotopic (exact) mass is 388 g/mol. The van der Waals surface area contributed by atoms with Crippen LogP contribution in [0.3, 0.4) is 0 Å². The Morgan fingerprint density at radius 2 is 1.90 bits per heavy atom. The van der Waals surface area contributed by atoms with E-state index in [1.165, 1.54) is 29.6 Å². The van der Waals surface area contributed by atoms with E-state index in [0.29, 0.717) is 5.69 Å². The van der Waals surface area contributed by atoms with Crippen molar-refractivity contribution in [2.75, 3.05) is 12.8 Å². The molecule has 0 aromatic heterocycles. The van der Waals surface area contributed by atoms with E-state index in [1.807, 2.05) is 24.3 Å². The Morgan fingerprint density at radius 1 is 1.24 bits per heavy atom. The topological polar surface area (TPSA) is 63.4 Å². The van der Waals surface area contributed by atoms with Crippen molar-refractivity contribution < 1.29 is 8.42 Å². The molecule has 0 amide bonds. The van der Waals surface area contributed by atoms with Crippen molar-refractivity contribution in [3.63, 3.8) is 0 Å². The highest BCUT2D eigenvalue weighted by atomic mass is 79.9. The Bertz CT molecular complexity index is 765. The lowest BCUT2D eigenvalue weighted by atomic mass is 10.2. The van der Waals surface area contributed by atoms with Gasteiger partial charge in [-0.2, -0.15) is 4.31 Å². The molecule has 0 radical (unpaired) electrons. The Kier molecular flexibility index (Phi) is 4.93. The van der Waals surface area contributed by atoms with E-state index in [-0.39, 0.29) is 16.5 Å². The highest BCUT2D eigenvalue weighted by Gasteiger charge is 2.24. The van der Waals surface area contributed by atoms with E-state index < -0.39 is 10.0 Å². The van der Waals surface area contributed by atoms with E-state index >= 15 is 0 Å². The molecular formula is C14H14BrClN2O2S. The molecule has 21 heavy (non-hydrogen) atoms. The van der Waals surface area contributed by atoms with Gasteiger partial charge < -0.3 is 5.73 Å². The molecule has 112 valence electrons. The first kappa shape index (κ1) is 16.3. The van der Waals surface area contributed by atoms with E-state index in [4.69, 9.17) is 17.3 Å². The average molecular weight is 390 g/mol. The molecule has 0 atom stereocenters. The van der Waals surface area contributed by atoms with Crippen LogP contribution in [0.4, 0.5) is 5.69 Å². The minimum absolute atomic E-state index is 0.0490. The zero-order valence-electron chi connectivity index (χ0n) is 11.3. The number of anilines is 1. The quantitative estimate of drug-likeness (QED) is 0.814. The molecule has 0 fully saturated rings. The fourth-order valence-corrected chi connectivity index (χ4v) is 3.93. The summed E-state index contributed by atoms with van der Waals surface area (Å²) >= 11 is 9.40. The van der Waals surface area contributed by atoms with Crippen molar-refractivity contribution in [3.05, 3.63) is 57.5 Å². The maximum atomic E-state index is 12.6. The van der Waals surface area contributed by atoms with Gasteiger partial charge in [0.25, 0.3) is 0 Å². The van der Waals surface area contributed by atoms with Crippen LogP contribution in [0.2, 0.25) is 5.02 Å². The van der Waals surface area contributed by atoms with Crippen LogP contribution in [0.15, 0.2) is 51.8 Å². The highest BCUT2D eigenvalue weighted by Crippen LogP contribution is 2.27. The molecular weight excluding hydrogens is 376 g/mol. The lowest BCUT2D eigenvalue weighted by molar-refractivity contribution is 0.466. The maximum Gasteiger partial charge on any atom is 0.244 e. The molecule has 0 bridgehead atoms. The number of rotatable bonds is 4. The Hall–Kier alpha value is -1.08. The van der Waals surface area contributed by atoms with E-state index in [2.05, 4.69) is 15.9 Å². The Balaban J connectivity index is 2.33. The maximum absolute atomic E-state index is 12.6. The average Bonchev–Trinajstić information content (AvgIpc) is 2.40. The minimum Gasteiger partial charge on any atom is -0.399 e. The lowest BCUT2D eigenvalue weighted by Crippen LogP contribution is -2.27. The predicted molar refractivity (Wildman–Crippen MR) is 88.7 cm³/mol. The number of nitrogens with zero attached hydrogens (tertiary/aromatic N) is 1. The summed E-state index contributed by atoms with van der Waals surface area (Å²) < 4.78 is 27.2. The summed E-state index contributed by atoms with van der Waals surface area (Å²) in [4.78, 5) is 0.0490. The van der Waals surface area contributed by atoms with Crippen LogP contribution in [0.25, 0.3) is 0 Å². The number of hydrogen-bond acceptors (Lipinski definition) is 3. The number of nitrogens with two attached hydrogens (primary N) is 1. The molecule has 0 unspecified atom stereocenters. The normalized spacial score (nSPS) is 11.8. The first-order valence-corrected chi connectivity index (χ1v) is 8.68. The van der Waals surface area contributed by atoms with Crippen LogP contribution in [-0.4, -0.2) is 19.8 Å². The molecule has 0 saturated heterocycles. The Labute approximate surface area is 137 Å². The summed E-state index contributed by atoms with van der Waals surface area (Å²) in [6.45, 7) is 0.241. The summed E-state index contributed by atoms with van der Waals surface area (Å²) in [5.74, 6) is 0. The molecule has 2 aromatic rings. The van der Waals surface area contributed by atoms with E-state index in [0.717, 1.165) is 10.0 Å². The molecule has 7 heteroatoms. The number of hydrogen-bond donors (Lipinski definition) is 1. The van der Waals surface area contributed by atoms with Crippen molar-refractivity contribution in [2.24, 2.45) is 0 Å². The van der Waals surface area contributed by atoms with Gasteiger partial charge in [0.1, 0.15) is 4.90 Å². The summed E-state index contributed by atoms with van der Waals surface area (Å²) in [6, 6.07) is 11.8. The number of halogens is 2. The van der Waals surface area contributed by atoms with Crippen LogP contribution < -0.4 is 5.73 Å². The number of benzene rings is 2. The van der Waals surface area contributed by atoms with Gasteiger partial charge in [0.2, 0.25) is 10.0 Å². The Morgan fingerprint density at radius 3 is 2.52 bits per heavy atom. The zero-order valence-corrected chi connectivity index (χ0v) is 14.4. The summed E-state index contributed by atoms with van der Waals surface area (Å²) in [6.07, 6.45) is 0. The third kappa shape index (κ3) is 3.58. The summed E-state index contributed by atoms with van der Waals surface area (Å²) in [5.41, 5.74) is 6.89. The highest BCUT2D eigenvalue weighted by molar-refractivity contribution is 9.10. The second kappa shape index (κ2) is 6.36. The van der Waals surface area contributed by atoms with Crippen molar-refractivity contribution in [1.29, 1.82) is 0 Å². The second-order valence-corrected chi connectivity index (χ2v) is 7.82. The van der Waals surface area contributed by atoms with Crippen LogP contribution in [0, 0.1) is 0 Å². The summed E-state index contributed by atoms with van der Waals surface area (Å²) in [7, 11) is -2.16. The third-order valence-corrected chi connectivity index (χ3v) is 6.05. The third-order valence-electron chi connectivity index (χ3n) is 3.00. The zero-order chi connectivity index (χ0) is 15.6. The van der Waals surface area contributed by atoms with Gasteiger partial charge >= 0.3 is 0 Å². The van der Waals surface area contributed by atoms with Crippen molar-refractivity contribution >= 4 is 43.2 Å². The molecule has 0 heterocycles. The van der Waals surface area contributed by atoms with Gasteiger partial charge in [-0.3, -0.25) is 0 Å². The molecule has 2 N–H and O–H groups in total. The number of sulfonamides is 1. The SMILES string of the molecule is CN(Cc1ccccc1Br)S(=O)(=O)c1ccc(N)cc1Cl. The fraction of sp³-hybridized carbons (Fsp3) is 0.143. The van der Waals surface area contributed by atoms with Crippen LogP contribution in [-0.2, 0) is 16.6 Å². The van der Waals surface area contributed by atoms with Gasteiger partial charge in [-0.15, -0.1) is 0 Å². The molecule has 0 aliphatic heterocycles. The van der Waals surface area contributed by atoms with E-state index in [9.17, 15) is 8.42 Å². The van der Waals surface area contributed by atoms with Crippen molar-refractivity contribution in [3.8, 4) is 0 Å². The van der Waals surface area contributed by atoms with Gasteiger partial charge in [0, 0.05) is 23.8 Å². The molecule has 2 aromatic carbocycles. The molecule has 4 nitrogen and oxygen atoms in total. The lowest BCUT2D eigenvalue weighted by Gasteiger charge is -2.19. The van der Waals surface area contributed by atoms with Gasteiger partial charge in [0.15, 0.2) is 0 Å².